The summed E-state index contributed by atoms with van der Waals surface area (Å²) in [5.41, 5.74) is 0.609. The summed E-state index contributed by atoms with van der Waals surface area (Å²) in [5, 5.41) is 19.4. The molecule has 1 aromatic heterocycles. The van der Waals surface area contributed by atoms with Crippen molar-refractivity contribution >= 4 is 40.7 Å². The molecule has 0 spiro atoms. The number of alkyl halides is 2. The fourth-order valence-electron chi connectivity index (χ4n) is 6.23. The molecular weight excluding hydrogens is 638 g/mol. The number of carbonyl (C=O) groups excluding carboxylic acids is 2. The van der Waals surface area contributed by atoms with E-state index in [1.807, 2.05) is 55.4 Å². The Morgan fingerprint density at radius 3 is 2.22 bits per heavy atom. The smallest absolute Gasteiger partial charge is 0.282 e. The van der Waals surface area contributed by atoms with E-state index in [-0.39, 0.29) is 34.2 Å². The van der Waals surface area contributed by atoms with Gasteiger partial charge in [-0.1, -0.05) is 77.7 Å². The average molecular weight is 679 g/mol. The molecule has 0 bridgehead atoms. The third-order valence-corrected chi connectivity index (χ3v) is 8.56. The van der Waals surface area contributed by atoms with E-state index < -0.39 is 29.4 Å². The second-order valence-electron chi connectivity index (χ2n) is 14.0. The molecule has 1 heterocycles. The molecule has 0 aliphatic heterocycles. The van der Waals surface area contributed by atoms with Crippen molar-refractivity contribution in [2.75, 3.05) is 5.32 Å². The Morgan fingerprint density at radius 2 is 1.67 bits per heavy atom. The predicted molar refractivity (Wildman–Crippen MR) is 175 cm³/mol. The summed E-state index contributed by atoms with van der Waals surface area (Å²) >= 11 is 12.0. The molecule has 2 unspecified atom stereocenters. The molecule has 2 atom stereocenters. The summed E-state index contributed by atoms with van der Waals surface area (Å²) in [6.45, 7) is 15.3. The minimum Gasteiger partial charge on any atom is -0.348 e. The molecule has 2 N–H and O–H groups in total. The molecule has 2 amide bonds. The van der Waals surface area contributed by atoms with Gasteiger partial charge in [0, 0.05) is 29.0 Å². The second kappa shape index (κ2) is 13.7. The Labute approximate surface area is 278 Å². The van der Waals surface area contributed by atoms with Crippen LogP contribution in [0.25, 0.3) is 0 Å². The predicted octanol–water partition coefficient (Wildman–Crippen LogP) is 9.06. The Bertz CT molecular complexity index is 1670. The highest BCUT2D eigenvalue weighted by molar-refractivity contribution is 6.35. The van der Waals surface area contributed by atoms with Crippen LogP contribution >= 0.6 is 23.2 Å². The largest absolute Gasteiger partial charge is 0.348 e. The quantitative estimate of drug-likeness (QED) is 0.272. The molecule has 7 nitrogen and oxygen atoms in total. The van der Waals surface area contributed by atoms with Gasteiger partial charge in [-0.25, -0.2) is 13.2 Å². The molecule has 3 aromatic rings. The maximum Gasteiger partial charge on any atom is 0.282 e. The number of halogens is 5. The zero-order valence-corrected chi connectivity index (χ0v) is 29.0. The lowest BCUT2D eigenvalue weighted by Crippen LogP contribution is -2.38. The number of fused-ring (bicyclic) bond motifs is 1. The van der Waals surface area contributed by atoms with Gasteiger partial charge in [-0.05, 0) is 70.5 Å². The number of nitrogens with one attached hydrogen (secondary N) is 2. The number of hydrogen-bond acceptors (Lipinski definition) is 4. The van der Waals surface area contributed by atoms with Gasteiger partial charge < -0.3 is 10.6 Å². The maximum atomic E-state index is 14.5. The van der Waals surface area contributed by atoms with Crippen molar-refractivity contribution in [2.24, 2.45) is 18.4 Å². The van der Waals surface area contributed by atoms with Gasteiger partial charge in [-0.15, -0.1) is 0 Å². The number of nitrogens with zero attached hydrogens (tertiary/aromatic N) is 3. The van der Waals surface area contributed by atoms with E-state index in [1.54, 1.807) is 18.2 Å². The first-order valence-corrected chi connectivity index (χ1v) is 15.5. The van der Waals surface area contributed by atoms with Crippen LogP contribution in [0.1, 0.15) is 107 Å². The first-order valence-electron chi connectivity index (χ1n) is 14.7. The van der Waals surface area contributed by atoms with E-state index >= 15 is 0 Å². The average Bonchev–Trinajstić information content (AvgIpc) is 3.39. The third kappa shape index (κ3) is 8.05. The highest BCUT2D eigenvalue weighted by Gasteiger charge is 2.45. The van der Waals surface area contributed by atoms with Gasteiger partial charge in [0.2, 0.25) is 5.91 Å². The number of rotatable bonds is 6. The summed E-state index contributed by atoms with van der Waals surface area (Å²) in [5.74, 6) is -2.00. The molecule has 4 rings (SSSR count). The van der Waals surface area contributed by atoms with Crippen molar-refractivity contribution in [3.8, 4) is 6.07 Å². The van der Waals surface area contributed by atoms with Crippen LogP contribution in [0.3, 0.4) is 0 Å². The van der Waals surface area contributed by atoms with Crippen molar-refractivity contribution in [3.05, 3.63) is 80.3 Å². The fraction of sp³-hybridized carbons (Fsp3) is 0.471. The van der Waals surface area contributed by atoms with E-state index in [1.165, 1.54) is 30.1 Å². The molecule has 0 saturated heterocycles. The van der Waals surface area contributed by atoms with Gasteiger partial charge in [0.05, 0.1) is 17.7 Å². The van der Waals surface area contributed by atoms with Gasteiger partial charge in [-0.2, -0.15) is 10.4 Å². The van der Waals surface area contributed by atoms with Crippen LogP contribution < -0.4 is 10.6 Å². The number of nitriles is 1. The van der Waals surface area contributed by atoms with Crippen molar-refractivity contribution in [1.29, 1.82) is 5.26 Å². The zero-order valence-electron chi connectivity index (χ0n) is 27.5. The molecule has 0 fully saturated rings. The monoisotopic (exact) mass is 677 g/mol. The highest BCUT2D eigenvalue weighted by Crippen LogP contribution is 2.53. The summed E-state index contributed by atoms with van der Waals surface area (Å²) in [6.07, 6.45) is -0.879. The van der Waals surface area contributed by atoms with Crippen LogP contribution in [-0.4, -0.2) is 21.6 Å². The SMILES string of the molecule is CC(NC(=O)C(C#N)C(C)(C)C)c1ccc(Cl)cc1Cl.Cn1cc(C(=O)Nc2ccc(F)c3c2C(C)(C)CC3(C)C)c(C(F)F)n1. The standard InChI is InChI=1S/C19H22F3N3O.C15H18Cl2N2O/c1-18(2)9-19(3,4)14-12(7-6-11(20)13(14)18)23-17(26)10-8-25(5)24-15(10)16(21)22;1-9(11-6-5-10(16)7-13(11)17)19-14(20)12(8-18)15(2,3)4/h6-8,16H,9H2,1-5H3,(H,23,26);5-7,9,12H,1-4H3,(H,19,20). The van der Waals surface area contributed by atoms with Gasteiger partial charge in [0.15, 0.2) is 0 Å². The van der Waals surface area contributed by atoms with Crippen molar-refractivity contribution in [1.82, 2.24) is 15.1 Å². The number of aryl methyl sites for hydroxylation is 1. The van der Waals surface area contributed by atoms with Crippen LogP contribution in [0.5, 0.6) is 0 Å². The van der Waals surface area contributed by atoms with Crippen molar-refractivity contribution < 1.29 is 22.8 Å². The third-order valence-electron chi connectivity index (χ3n) is 7.99. The number of amides is 2. The fourth-order valence-corrected chi connectivity index (χ4v) is 6.80. The number of anilines is 1. The van der Waals surface area contributed by atoms with E-state index in [9.17, 15) is 22.8 Å². The lowest BCUT2D eigenvalue weighted by molar-refractivity contribution is -0.126. The van der Waals surface area contributed by atoms with Gasteiger partial charge in [-0.3, -0.25) is 14.3 Å². The molecule has 248 valence electrons. The van der Waals surface area contributed by atoms with Crippen LogP contribution in [-0.2, 0) is 22.7 Å². The summed E-state index contributed by atoms with van der Waals surface area (Å²) in [4.78, 5) is 24.8. The maximum absolute atomic E-state index is 14.5. The van der Waals surface area contributed by atoms with Crippen molar-refractivity contribution in [2.45, 2.75) is 85.1 Å². The van der Waals surface area contributed by atoms with Gasteiger partial charge in [0.25, 0.3) is 12.3 Å². The highest BCUT2D eigenvalue weighted by atomic mass is 35.5. The zero-order chi connectivity index (χ0) is 34.9. The van der Waals surface area contributed by atoms with Gasteiger partial charge >= 0.3 is 0 Å². The van der Waals surface area contributed by atoms with Crippen molar-refractivity contribution in [3.63, 3.8) is 0 Å². The van der Waals surface area contributed by atoms with E-state index in [0.717, 1.165) is 11.1 Å². The Balaban J connectivity index is 0.000000260. The molecule has 1 aliphatic rings. The van der Waals surface area contributed by atoms with E-state index in [2.05, 4.69) is 21.8 Å². The number of aromatic nitrogens is 2. The second-order valence-corrected chi connectivity index (χ2v) is 14.8. The minimum atomic E-state index is -2.86. The summed E-state index contributed by atoms with van der Waals surface area (Å²) in [6, 6.07) is 9.70. The molecule has 0 saturated carbocycles. The Kier molecular flexibility index (Phi) is 11.0. The Morgan fingerprint density at radius 1 is 1.07 bits per heavy atom. The molecular formula is C34H40Cl2F3N5O2. The molecule has 1 aliphatic carbocycles. The number of carbonyl (C=O) groups is 2. The first-order chi connectivity index (χ1) is 21.1. The molecule has 2 aromatic carbocycles. The van der Waals surface area contributed by atoms with E-state index in [0.29, 0.717) is 27.7 Å². The summed E-state index contributed by atoms with van der Waals surface area (Å²) in [7, 11) is 1.48. The minimum absolute atomic E-state index is 0.185. The first kappa shape index (κ1) is 36.9. The normalized spacial score (nSPS) is 16.0. The lowest BCUT2D eigenvalue weighted by Gasteiger charge is -2.25. The van der Waals surface area contributed by atoms with Gasteiger partial charge in [0.1, 0.15) is 17.4 Å². The lowest BCUT2D eigenvalue weighted by atomic mass is 9.81. The Hall–Kier alpha value is -3.55. The number of benzene rings is 2. The van der Waals surface area contributed by atoms with Crippen LogP contribution in [0.2, 0.25) is 10.0 Å². The molecule has 46 heavy (non-hydrogen) atoms. The molecule has 12 heteroatoms. The van der Waals surface area contributed by atoms with Crippen LogP contribution in [0.15, 0.2) is 36.5 Å². The number of hydrogen-bond donors (Lipinski definition) is 2. The molecule has 0 radical (unpaired) electrons. The van der Waals surface area contributed by atoms with Crippen LogP contribution in [0.4, 0.5) is 18.9 Å². The topological polar surface area (TPSA) is 99.8 Å². The van der Waals surface area contributed by atoms with E-state index in [4.69, 9.17) is 28.5 Å². The van der Waals surface area contributed by atoms with Crippen LogP contribution in [0, 0.1) is 28.5 Å². The summed E-state index contributed by atoms with van der Waals surface area (Å²) < 4.78 is 42.0.